The standard InChI is InChI=1S/C56H36N2/c1-3-17-47(18-4-1)57(51-33-43-27-23-37-11-7-12-38-24-28-44(34-51)55(43)53(37)38)49-21-9-15-41(31-49)42-16-10-22-50(32-42)58(48-19-5-2-6-20-48)52-35-45-29-25-39-13-8-14-40-26-30-46(36-52)56(45)54(39)40/h1-36H. The molecule has 0 heterocycles. The first-order valence-electron chi connectivity index (χ1n) is 20.0. The molecular weight excluding hydrogens is 701 g/mol. The molecule has 0 N–H and O–H groups in total. The second-order valence-corrected chi connectivity index (χ2v) is 15.4. The van der Waals surface area contributed by atoms with Gasteiger partial charge in [0.25, 0.3) is 0 Å². The van der Waals surface area contributed by atoms with Crippen LogP contribution in [0.25, 0.3) is 75.8 Å². The zero-order valence-electron chi connectivity index (χ0n) is 31.7. The maximum atomic E-state index is 2.39. The van der Waals surface area contributed by atoms with E-state index in [1.165, 1.54) is 64.6 Å². The van der Waals surface area contributed by atoms with Crippen LogP contribution in [-0.2, 0) is 0 Å². The zero-order valence-corrected chi connectivity index (χ0v) is 31.7. The van der Waals surface area contributed by atoms with E-state index in [-0.39, 0.29) is 0 Å². The van der Waals surface area contributed by atoms with Crippen LogP contribution in [0.4, 0.5) is 34.1 Å². The van der Waals surface area contributed by atoms with E-state index in [2.05, 4.69) is 228 Å². The highest BCUT2D eigenvalue weighted by Crippen LogP contribution is 2.44. The summed E-state index contributed by atoms with van der Waals surface area (Å²) in [5.74, 6) is 0. The molecule has 12 rings (SSSR count). The van der Waals surface area contributed by atoms with Crippen LogP contribution in [0.5, 0.6) is 0 Å². The average Bonchev–Trinajstić information content (AvgIpc) is 3.28. The van der Waals surface area contributed by atoms with Gasteiger partial charge in [-0.05, 0) is 149 Å². The summed E-state index contributed by atoms with van der Waals surface area (Å²) in [6, 6.07) is 80.1. The smallest absolute Gasteiger partial charge is 0.0473 e. The average molecular weight is 737 g/mol. The topological polar surface area (TPSA) is 6.48 Å². The van der Waals surface area contributed by atoms with E-state index in [1.54, 1.807) is 0 Å². The fraction of sp³-hybridized carbons (Fsp3) is 0. The molecule has 0 spiro atoms. The third-order valence-electron chi connectivity index (χ3n) is 12.0. The number of nitrogens with zero attached hydrogens (tertiary/aromatic N) is 2. The summed E-state index contributed by atoms with van der Waals surface area (Å²) in [4.78, 5) is 4.78. The first kappa shape index (κ1) is 32.6. The van der Waals surface area contributed by atoms with Crippen molar-refractivity contribution >= 4 is 98.8 Å². The second kappa shape index (κ2) is 12.9. The van der Waals surface area contributed by atoms with E-state index >= 15 is 0 Å². The third kappa shape index (κ3) is 5.19. The number of para-hydroxylation sites is 2. The van der Waals surface area contributed by atoms with E-state index in [0.29, 0.717) is 0 Å². The van der Waals surface area contributed by atoms with Crippen LogP contribution in [0.2, 0.25) is 0 Å². The first-order chi connectivity index (χ1) is 28.7. The van der Waals surface area contributed by atoms with Crippen molar-refractivity contribution in [2.24, 2.45) is 0 Å². The molecule has 0 atom stereocenters. The van der Waals surface area contributed by atoms with Crippen LogP contribution >= 0.6 is 0 Å². The predicted molar refractivity (Wildman–Crippen MR) is 249 cm³/mol. The molecule has 270 valence electrons. The van der Waals surface area contributed by atoms with Gasteiger partial charge in [-0.15, -0.1) is 0 Å². The van der Waals surface area contributed by atoms with Crippen molar-refractivity contribution in [3.05, 3.63) is 218 Å². The second-order valence-electron chi connectivity index (χ2n) is 15.4. The summed E-state index contributed by atoms with van der Waals surface area (Å²) in [6.45, 7) is 0. The molecule has 2 heteroatoms. The van der Waals surface area contributed by atoms with Gasteiger partial charge < -0.3 is 9.80 Å². The van der Waals surface area contributed by atoms with Crippen molar-refractivity contribution in [3.8, 4) is 11.1 Å². The SMILES string of the molecule is c1ccc(N(c2cccc(-c3cccc(N(c4ccccc4)c4cc5ccc6cccc7ccc(c4)c5c67)c3)c2)c2cc3ccc4cccc5ccc(c2)c3c45)cc1. The van der Waals surface area contributed by atoms with Crippen molar-refractivity contribution in [1.82, 2.24) is 0 Å². The fourth-order valence-electron chi connectivity index (χ4n) is 9.43. The molecule has 12 aromatic carbocycles. The number of hydrogen-bond acceptors (Lipinski definition) is 2. The summed E-state index contributed by atoms with van der Waals surface area (Å²) in [5.41, 5.74) is 9.02. The van der Waals surface area contributed by atoms with Gasteiger partial charge in [-0.3, -0.25) is 0 Å². The summed E-state index contributed by atoms with van der Waals surface area (Å²) < 4.78 is 0. The lowest BCUT2D eigenvalue weighted by Gasteiger charge is -2.28. The summed E-state index contributed by atoms with van der Waals surface area (Å²) in [5, 5.41) is 15.4. The molecule has 0 aliphatic rings. The predicted octanol–water partition coefficient (Wildman–Crippen LogP) is 16.1. The van der Waals surface area contributed by atoms with E-state index < -0.39 is 0 Å². The lowest BCUT2D eigenvalue weighted by molar-refractivity contribution is 1.28. The molecule has 58 heavy (non-hydrogen) atoms. The lowest BCUT2D eigenvalue weighted by Crippen LogP contribution is -2.10. The van der Waals surface area contributed by atoms with Crippen LogP contribution in [0.15, 0.2) is 218 Å². The number of anilines is 6. The van der Waals surface area contributed by atoms with E-state index in [4.69, 9.17) is 0 Å². The number of rotatable bonds is 7. The number of hydrogen-bond donors (Lipinski definition) is 0. The summed E-state index contributed by atoms with van der Waals surface area (Å²) in [6.07, 6.45) is 0. The minimum Gasteiger partial charge on any atom is -0.310 e. The Kier molecular flexibility index (Phi) is 7.26. The maximum Gasteiger partial charge on any atom is 0.0473 e. The maximum absolute atomic E-state index is 2.39. The molecule has 0 saturated heterocycles. The van der Waals surface area contributed by atoms with Gasteiger partial charge in [0.1, 0.15) is 0 Å². The van der Waals surface area contributed by atoms with Crippen molar-refractivity contribution in [2.75, 3.05) is 9.80 Å². The van der Waals surface area contributed by atoms with Crippen LogP contribution in [0, 0.1) is 0 Å². The minimum atomic E-state index is 1.11. The Hall–Kier alpha value is -7.68. The van der Waals surface area contributed by atoms with Crippen molar-refractivity contribution in [1.29, 1.82) is 0 Å². The molecule has 0 saturated carbocycles. The van der Waals surface area contributed by atoms with Crippen molar-refractivity contribution in [3.63, 3.8) is 0 Å². The Morgan fingerprint density at radius 1 is 0.190 bits per heavy atom. The highest BCUT2D eigenvalue weighted by molar-refractivity contribution is 6.25. The molecular formula is C56H36N2. The minimum absolute atomic E-state index is 1.11. The van der Waals surface area contributed by atoms with Gasteiger partial charge in [0, 0.05) is 34.1 Å². The van der Waals surface area contributed by atoms with Gasteiger partial charge in [0.15, 0.2) is 0 Å². The Morgan fingerprint density at radius 3 is 0.845 bits per heavy atom. The monoisotopic (exact) mass is 736 g/mol. The molecule has 0 bridgehead atoms. The van der Waals surface area contributed by atoms with Gasteiger partial charge in [-0.1, -0.05) is 146 Å². The zero-order chi connectivity index (χ0) is 38.2. The summed E-state index contributed by atoms with van der Waals surface area (Å²) >= 11 is 0. The molecule has 0 radical (unpaired) electrons. The molecule has 2 nitrogen and oxygen atoms in total. The fourth-order valence-corrected chi connectivity index (χ4v) is 9.43. The molecule has 0 fully saturated rings. The van der Waals surface area contributed by atoms with Crippen LogP contribution in [-0.4, -0.2) is 0 Å². The molecule has 12 aromatic rings. The van der Waals surface area contributed by atoms with Gasteiger partial charge in [-0.25, -0.2) is 0 Å². The van der Waals surface area contributed by atoms with Gasteiger partial charge in [0.05, 0.1) is 0 Å². The quantitative estimate of drug-likeness (QED) is 0.150. The van der Waals surface area contributed by atoms with E-state index in [0.717, 1.165) is 45.3 Å². The number of benzene rings is 12. The van der Waals surface area contributed by atoms with Crippen LogP contribution < -0.4 is 9.80 Å². The molecule has 0 aliphatic carbocycles. The summed E-state index contributed by atoms with van der Waals surface area (Å²) in [7, 11) is 0. The van der Waals surface area contributed by atoms with Gasteiger partial charge >= 0.3 is 0 Å². The van der Waals surface area contributed by atoms with E-state index in [1.807, 2.05) is 0 Å². The first-order valence-corrected chi connectivity index (χ1v) is 20.0. The molecule has 0 unspecified atom stereocenters. The van der Waals surface area contributed by atoms with Crippen LogP contribution in [0.1, 0.15) is 0 Å². The lowest BCUT2D eigenvalue weighted by atomic mass is 9.93. The Labute approximate surface area is 336 Å². The highest BCUT2D eigenvalue weighted by atomic mass is 15.1. The molecule has 0 amide bonds. The largest absolute Gasteiger partial charge is 0.310 e. The Balaban J connectivity index is 0.990. The Morgan fingerprint density at radius 2 is 0.483 bits per heavy atom. The molecule has 0 aliphatic heterocycles. The normalized spacial score (nSPS) is 11.8. The third-order valence-corrected chi connectivity index (χ3v) is 12.0. The highest BCUT2D eigenvalue weighted by Gasteiger charge is 2.19. The van der Waals surface area contributed by atoms with Crippen molar-refractivity contribution < 1.29 is 0 Å². The van der Waals surface area contributed by atoms with Gasteiger partial charge in [0.2, 0.25) is 0 Å². The van der Waals surface area contributed by atoms with E-state index in [9.17, 15) is 0 Å². The molecule has 0 aromatic heterocycles. The van der Waals surface area contributed by atoms with Crippen molar-refractivity contribution in [2.45, 2.75) is 0 Å². The Bertz CT molecular complexity index is 3100. The van der Waals surface area contributed by atoms with Gasteiger partial charge in [-0.2, -0.15) is 0 Å². The van der Waals surface area contributed by atoms with Crippen LogP contribution in [0.3, 0.4) is 0 Å².